The summed E-state index contributed by atoms with van der Waals surface area (Å²) in [6.07, 6.45) is 0.966. The Morgan fingerprint density at radius 2 is 2.00 bits per heavy atom. The average Bonchev–Trinajstić information content (AvgIpc) is 1.82. The van der Waals surface area contributed by atoms with Crippen LogP contribution in [0.15, 0.2) is 0 Å². The first-order valence-corrected chi connectivity index (χ1v) is 4.73. The zero-order valence-corrected chi connectivity index (χ0v) is 7.10. The van der Waals surface area contributed by atoms with E-state index in [-0.39, 0.29) is 0 Å². The molecule has 4 N–H and O–H groups in total. The predicted molar refractivity (Wildman–Crippen MR) is 39.8 cm³/mol. The van der Waals surface area contributed by atoms with E-state index in [1.807, 2.05) is 10.1 Å². The normalized spacial score (nSPS) is 14.1. The smallest absolute Gasteiger partial charge is 0.251 e. The number of hydrogen-bond acceptors (Lipinski definition) is 4. The van der Waals surface area contributed by atoms with Crippen molar-refractivity contribution in [2.75, 3.05) is 6.26 Å². The van der Waals surface area contributed by atoms with Gasteiger partial charge in [0, 0.05) is 0 Å². The summed E-state index contributed by atoms with van der Waals surface area (Å²) in [6.45, 7) is 1.39. The van der Waals surface area contributed by atoms with Gasteiger partial charge in [-0.25, -0.2) is 19.0 Å². The molecule has 0 spiro atoms. The second-order valence-corrected chi connectivity index (χ2v) is 3.90. The summed E-state index contributed by atoms with van der Waals surface area (Å²) in [5.74, 6) is 4.18. The van der Waals surface area contributed by atoms with E-state index in [4.69, 9.17) is 5.84 Å². The summed E-state index contributed by atoms with van der Waals surface area (Å²) >= 11 is 0. The lowest BCUT2D eigenvalue weighted by Crippen LogP contribution is -2.46. The van der Waals surface area contributed by atoms with Gasteiger partial charge in [0.2, 0.25) is 10.0 Å². The maximum atomic E-state index is 10.6. The number of carbonyl (C=O) groups is 1. The van der Waals surface area contributed by atoms with Crippen LogP contribution in [0.4, 0.5) is 0 Å². The van der Waals surface area contributed by atoms with Crippen LogP contribution < -0.4 is 16.0 Å². The number of hydrazine groups is 1. The van der Waals surface area contributed by atoms with Crippen molar-refractivity contribution in [1.82, 2.24) is 10.1 Å². The first-order chi connectivity index (χ1) is 4.87. The van der Waals surface area contributed by atoms with Crippen molar-refractivity contribution >= 4 is 15.9 Å². The third-order valence-electron chi connectivity index (χ3n) is 0.926. The second kappa shape index (κ2) is 3.65. The number of nitrogens with two attached hydrogens (primary N) is 1. The van der Waals surface area contributed by atoms with Gasteiger partial charge >= 0.3 is 0 Å². The van der Waals surface area contributed by atoms with E-state index in [2.05, 4.69) is 0 Å². The molecule has 7 heteroatoms. The van der Waals surface area contributed by atoms with Gasteiger partial charge in [-0.1, -0.05) is 0 Å². The van der Waals surface area contributed by atoms with Crippen LogP contribution in [0, 0.1) is 0 Å². The molecule has 11 heavy (non-hydrogen) atoms. The maximum Gasteiger partial charge on any atom is 0.251 e. The Balaban J connectivity index is 4.09. The van der Waals surface area contributed by atoms with Gasteiger partial charge in [0.25, 0.3) is 5.91 Å². The molecule has 0 aliphatic carbocycles. The molecule has 66 valence electrons. The molecule has 0 heterocycles. The molecule has 1 atom stereocenters. The Morgan fingerprint density at radius 3 is 2.27 bits per heavy atom. The number of amides is 1. The summed E-state index contributed by atoms with van der Waals surface area (Å²) in [7, 11) is -3.34. The topological polar surface area (TPSA) is 101 Å². The van der Waals surface area contributed by atoms with Crippen molar-refractivity contribution in [2.45, 2.75) is 13.0 Å². The van der Waals surface area contributed by atoms with Gasteiger partial charge in [-0.05, 0) is 6.92 Å². The first-order valence-electron chi connectivity index (χ1n) is 2.84. The summed E-state index contributed by atoms with van der Waals surface area (Å²) < 4.78 is 23.1. The highest BCUT2D eigenvalue weighted by Crippen LogP contribution is 1.83. The fraction of sp³-hybridized carbons (Fsp3) is 0.750. The predicted octanol–water partition coefficient (Wildman–Crippen LogP) is -2.09. The summed E-state index contributed by atoms with van der Waals surface area (Å²) in [6, 6.07) is -0.838. The Kier molecular flexibility index (Phi) is 3.43. The number of sulfonamides is 1. The Bertz CT molecular complexity index is 235. The lowest BCUT2D eigenvalue weighted by atomic mass is 10.4. The van der Waals surface area contributed by atoms with E-state index in [0.717, 1.165) is 6.26 Å². The Morgan fingerprint density at radius 1 is 1.55 bits per heavy atom. The quantitative estimate of drug-likeness (QED) is 0.264. The highest BCUT2D eigenvalue weighted by Gasteiger charge is 2.14. The molecule has 0 bridgehead atoms. The van der Waals surface area contributed by atoms with Crippen LogP contribution in [0.25, 0.3) is 0 Å². The van der Waals surface area contributed by atoms with Gasteiger partial charge in [0.05, 0.1) is 12.3 Å². The van der Waals surface area contributed by atoms with Crippen LogP contribution in [0.3, 0.4) is 0 Å². The molecule has 6 nitrogen and oxygen atoms in total. The highest BCUT2D eigenvalue weighted by molar-refractivity contribution is 7.88. The van der Waals surface area contributed by atoms with Crippen LogP contribution in [0.5, 0.6) is 0 Å². The summed E-state index contributed by atoms with van der Waals surface area (Å²) in [4.78, 5) is 10.6. The molecule has 0 rings (SSSR count). The zero-order chi connectivity index (χ0) is 9.07. The van der Waals surface area contributed by atoms with Crippen molar-refractivity contribution in [3.05, 3.63) is 0 Å². The third kappa shape index (κ3) is 4.71. The highest BCUT2D eigenvalue weighted by atomic mass is 32.2. The van der Waals surface area contributed by atoms with Crippen molar-refractivity contribution in [2.24, 2.45) is 5.84 Å². The number of hydrogen-bond donors (Lipinski definition) is 3. The van der Waals surface area contributed by atoms with Gasteiger partial charge in [0.1, 0.15) is 0 Å². The van der Waals surface area contributed by atoms with E-state index in [1.54, 1.807) is 0 Å². The first kappa shape index (κ1) is 10.3. The third-order valence-corrected chi connectivity index (χ3v) is 1.71. The molecule has 1 amide bonds. The molecule has 0 aromatic rings. The van der Waals surface area contributed by atoms with Gasteiger partial charge in [-0.3, -0.25) is 10.2 Å². The molecule has 0 aromatic heterocycles. The molecule has 0 aliphatic rings. The fourth-order valence-electron chi connectivity index (χ4n) is 0.500. The van der Waals surface area contributed by atoms with Crippen LogP contribution in [-0.2, 0) is 14.8 Å². The van der Waals surface area contributed by atoms with Crippen molar-refractivity contribution in [3.63, 3.8) is 0 Å². The lowest BCUT2D eigenvalue weighted by molar-refractivity contribution is -0.122. The van der Waals surface area contributed by atoms with Crippen LogP contribution >= 0.6 is 0 Å². The second-order valence-electron chi connectivity index (χ2n) is 2.12. The van der Waals surface area contributed by atoms with Gasteiger partial charge in [-0.2, -0.15) is 0 Å². The van der Waals surface area contributed by atoms with E-state index >= 15 is 0 Å². The molecule has 0 aliphatic heterocycles. The van der Waals surface area contributed by atoms with Crippen molar-refractivity contribution in [1.29, 1.82) is 0 Å². The SMILES string of the molecule is CC(NS(C)(=O)=O)C(=O)NN. The maximum absolute atomic E-state index is 10.6. The van der Waals surface area contributed by atoms with Crippen LogP contribution in [0.1, 0.15) is 6.92 Å². The Labute approximate surface area is 65.2 Å². The van der Waals surface area contributed by atoms with Crippen molar-refractivity contribution < 1.29 is 13.2 Å². The minimum Gasteiger partial charge on any atom is -0.293 e. The van der Waals surface area contributed by atoms with Crippen molar-refractivity contribution in [3.8, 4) is 0 Å². The Hall–Kier alpha value is -0.660. The molecule has 0 fully saturated rings. The number of nitrogens with one attached hydrogen (secondary N) is 2. The summed E-state index contributed by atoms with van der Waals surface area (Å²) in [5.41, 5.74) is 1.82. The largest absolute Gasteiger partial charge is 0.293 e. The number of carbonyl (C=O) groups excluding carboxylic acids is 1. The standard InChI is InChI=1S/C4H11N3O3S/c1-3(4(8)6-5)7-11(2,9)10/h3,7H,5H2,1-2H3,(H,6,8). The molecule has 1 unspecified atom stereocenters. The van der Waals surface area contributed by atoms with E-state index in [1.165, 1.54) is 6.92 Å². The van der Waals surface area contributed by atoms with Gasteiger partial charge in [-0.15, -0.1) is 0 Å². The molecule has 0 saturated carbocycles. The van der Waals surface area contributed by atoms with E-state index in [9.17, 15) is 13.2 Å². The average molecular weight is 181 g/mol. The fourth-order valence-corrected chi connectivity index (χ4v) is 1.25. The molecule has 0 radical (unpaired) electrons. The van der Waals surface area contributed by atoms with Gasteiger partial charge < -0.3 is 0 Å². The molecule has 0 aromatic carbocycles. The number of rotatable bonds is 3. The van der Waals surface area contributed by atoms with Crippen LogP contribution in [0.2, 0.25) is 0 Å². The zero-order valence-electron chi connectivity index (χ0n) is 6.29. The lowest BCUT2D eigenvalue weighted by Gasteiger charge is -2.08. The van der Waals surface area contributed by atoms with Gasteiger partial charge in [0.15, 0.2) is 0 Å². The van der Waals surface area contributed by atoms with E-state index < -0.39 is 22.0 Å². The van der Waals surface area contributed by atoms with Crippen LogP contribution in [-0.4, -0.2) is 26.6 Å². The minimum absolute atomic E-state index is 0.574. The molecular weight excluding hydrogens is 170 g/mol. The molecule has 0 saturated heterocycles. The monoisotopic (exact) mass is 181 g/mol. The van der Waals surface area contributed by atoms with E-state index in [0.29, 0.717) is 0 Å². The molecular formula is C4H11N3O3S. The minimum atomic E-state index is -3.34. The summed E-state index contributed by atoms with van der Waals surface area (Å²) in [5, 5.41) is 0.